The van der Waals surface area contributed by atoms with Crippen LogP contribution in [0.15, 0.2) is 42.5 Å². The minimum atomic E-state index is 0.250. The topological polar surface area (TPSA) is 20.3 Å². The number of carbonyl (C=O) groups excluding carboxylic acids is 1. The Bertz CT molecular complexity index is 649. The van der Waals surface area contributed by atoms with Crippen molar-refractivity contribution in [3.05, 3.63) is 48.0 Å². The zero-order valence-electron chi connectivity index (χ0n) is 12.3. The molecule has 2 aromatic rings. The number of rotatable bonds is 3. The number of halogens is 1. The molecule has 3 rings (SSSR count). The van der Waals surface area contributed by atoms with Gasteiger partial charge < -0.3 is 4.90 Å². The molecule has 0 bridgehead atoms. The Kier molecular flexibility index (Phi) is 4.29. The molecule has 2 atom stereocenters. The van der Waals surface area contributed by atoms with Crippen LogP contribution in [0.5, 0.6) is 0 Å². The predicted octanol–water partition coefficient (Wildman–Crippen LogP) is 4.01. The quantitative estimate of drug-likeness (QED) is 0.769. The van der Waals surface area contributed by atoms with Gasteiger partial charge in [-0.25, -0.2) is 0 Å². The molecule has 1 amide bonds. The highest BCUT2D eigenvalue weighted by molar-refractivity contribution is 9.09. The summed E-state index contributed by atoms with van der Waals surface area (Å²) in [7, 11) is 0. The summed E-state index contributed by atoms with van der Waals surface area (Å²) in [5, 5.41) is 3.26. The lowest BCUT2D eigenvalue weighted by molar-refractivity contribution is -0.131. The van der Waals surface area contributed by atoms with E-state index in [1.807, 2.05) is 18.2 Å². The molecule has 21 heavy (non-hydrogen) atoms. The minimum Gasteiger partial charge on any atom is -0.338 e. The summed E-state index contributed by atoms with van der Waals surface area (Å²) in [5.41, 5.74) is 1.13. The molecule has 110 valence electrons. The number of likely N-dealkylation sites (tertiary alicyclic amines) is 1. The molecule has 3 heteroatoms. The van der Waals surface area contributed by atoms with E-state index in [1.54, 1.807) is 0 Å². The van der Waals surface area contributed by atoms with Gasteiger partial charge in [0.25, 0.3) is 0 Å². The third kappa shape index (κ3) is 2.84. The van der Waals surface area contributed by atoms with Gasteiger partial charge in [-0.1, -0.05) is 65.3 Å². The molecule has 2 aromatic carbocycles. The smallest absolute Gasteiger partial charge is 0.227 e. The van der Waals surface area contributed by atoms with E-state index in [0.717, 1.165) is 23.9 Å². The van der Waals surface area contributed by atoms with Crippen LogP contribution >= 0.6 is 15.9 Å². The number of nitrogens with zero attached hydrogens (tertiary/aromatic N) is 1. The predicted molar refractivity (Wildman–Crippen MR) is 90.7 cm³/mol. The average molecular weight is 346 g/mol. The maximum atomic E-state index is 12.7. The van der Waals surface area contributed by atoms with Crippen LogP contribution in [0.2, 0.25) is 0 Å². The molecule has 0 N–H and O–H groups in total. The summed E-state index contributed by atoms with van der Waals surface area (Å²) in [6.07, 6.45) is 1.61. The normalized spacial score (nSPS) is 21.9. The van der Waals surface area contributed by atoms with Crippen molar-refractivity contribution in [1.82, 2.24) is 4.90 Å². The van der Waals surface area contributed by atoms with Gasteiger partial charge in [0, 0.05) is 17.9 Å². The molecule has 1 saturated heterocycles. The van der Waals surface area contributed by atoms with Crippen LogP contribution in [0.4, 0.5) is 0 Å². The number of hydrogen-bond donors (Lipinski definition) is 0. The van der Waals surface area contributed by atoms with Crippen LogP contribution in [0.1, 0.15) is 18.9 Å². The van der Waals surface area contributed by atoms with Crippen molar-refractivity contribution in [2.45, 2.75) is 25.8 Å². The molecular weight excluding hydrogens is 326 g/mol. The highest BCUT2D eigenvalue weighted by atomic mass is 79.9. The first-order chi connectivity index (χ1) is 10.2. The second-order valence-corrected chi connectivity index (χ2v) is 6.54. The van der Waals surface area contributed by atoms with Crippen molar-refractivity contribution in [3.63, 3.8) is 0 Å². The molecule has 2 unspecified atom stereocenters. The third-order valence-electron chi connectivity index (χ3n) is 4.58. The minimum absolute atomic E-state index is 0.250. The molecule has 1 aliphatic rings. The van der Waals surface area contributed by atoms with E-state index in [9.17, 15) is 4.79 Å². The molecule has 2 nitrogen and oxygen atoms in total. The second kappa shape index (κ2) is 6.18. The maximum absolute atomic E-state index is 12.7. The first-order valence-electron chi connectivity index (χ1n) is 7.53. The maximum Gasteiger partial charge on any atom is 0.227 e. The zero-order chi connectivity index (χ0) is 14.8. The fourth-order valence-electron chi connectivity index (χ4n) is 3.26. The Morgan fingerprint density at radius 1 is 1.24 bits per heavy atom. The van der Waals surface area contributed by atoms with Crippen LogP contribution in [-0.4, -0.2) is 28.7 Å². The Balaban J connectivity index is 1.84. The molecular formula is C18H20BrNO. The summed E-state index contributed by atoms with van der Waals surface area (Å²) in [5.74, 6) is 0.834. The van der Waals surface area contributed by atoms with Crippen molar-refractivity contribution in [2.75, 3.05) is 11.9 Å². The van der Waals surface area contributed by atoms with Gasteiger partial charge in [-0.15, -0.1) is 0 Å². The summed E-state index contributed by atoms with van der Waals surface area (Å²) < 4.78 is 0. The van der Waals surface area contributed by atoms with Crippen LogP contribution < -0.4 is 0 Å². The van der Waals surface area contributed by atoms with Crippen molar-refractivity contribution < 1.29 is 4.79 Å². The number of benzene rings is 2. The number of alkyl halides is 1. The van der Waals surface area contributed by atoms with Gasteiger partial charge in [-0.05, 0) is 28.7 Å². The zero-order valence-corrected chi connectivity index (χ0v) is 13.8. The van der Waals surface area contributed by atoms with E-state index >= 15 is 0 Å². The van der Waals surface area contributed by atoms with Gasteiger partial charge in [-0.3, -0.25) is 4.79 Å². The second-order valence-electron chi connectivity index (χ2n) is 5.89. The average Bonchev–Trinajstić information content (AvgIpc) is 2.88. The largest absolute Gasteiger partial charge is 0.338 e. The molecule has 0 saturated carbocycles. The Hall–Kier alpha value is -1.35. The van der Waals surface area contributed by atoms with E-state index in [2.05, 4.69) is 52.0 Å². The Labute approximate surface area is 134 Å². The summed E-state index contributed by atoms with van der Waals surface area (Å²) in [6, 6.07) is 14.8. The van der Waals surface area contributed by atoms with Crippen LogP contribution in [-0.2, 0) is 11.2 Å². The van der Waals surface area contributed by atoms with Crippen molar-refractivity contribution in [2.24, 2.45) is 5.92 Å². The van der Waals surface area contributed by atoms with E-state index in [4.69, 9.17) is 0 Å². The highest BCUT2D eigenvalue weighted by Gasteiger charge is 2.33. The summed E-state index contributed by atoms with van der Waals surface area (Å²) in [4.78, 5) is 14.7. The van der Waals surface area contributed by atoms with Crippen molar-refractivity contribution in [3.8, 4) is 0 Å². The summed E-state index contributed by atoms with van der Waals surface area (Å²) >= 11 is 3.56. The standard InChI is InChI=1S/C18H20BrNO/c1-13-9-10-20(17(13)12-19)18(21)11-15-7-4-6-14-5-2-3-8-16(14)15/h2-8,13,17H,9-12H2,1H3. The van der Waals surface area contributed by atoms with E-state index in [0.29, 0.717) is 18.4 Å². The fourth-order valence-corrected chi connectivity index (χ4v) is 4.25. The van der Waals surface area contributed by atoms with Gasteiger partial charge in [0.15, 0.2) is 0 Å². The SMILES string of the molecule is CC1CCN(C(=O)Cc2cccc3ccccc23)C1CBr. The van der Waals surface area contributed by atoms with Crippen LogP contribution in [0.25, 0.3) is 10.8 Å². The van der Waals surface area contributed by atoms with E-state index in [-0.39, 0.29) is 5.91 Å². The monoisotopic (exact) mass is 345 g/mol. The lowest BCUT2D eigenvalue weighted by Gasteiger charge is -2.25. The fraction of sp³-hybridized carbons (Fsp3) is 0.389. The first-order valence-corrected chi connectivity index (χ1v) is 8.65. The molecule has 0 aromatic heterocycles. The molecule has 0 spiro atoms. The van der Waals surface area contributed by atoms with Gasteiger partial charge in [0.1, 0.15) is 0 Å². The number of fused-ring (bicyclic) bond motifs is 1. The molecule has 1 aliphatic heterocycles. The lowest BCUT2D eigenvalue weighted by Crippen LogP contribution is -2.39. The lowest BCUT2D eigenvalue weighted by atomic mass is 10.0. The summed E-state index contributed by atoms with van der Waals surface area (Å²) in [6.45, 7) is 3.12. The third-order valence-corrected chi connectivity index (χ3v) is 5.25. The molecule has 1 heterocycles. The number of amides is 1. The molecule has 1 fully saturated rings. The van der Waals surface area contributed by atoms with Crippen molar-refractivity contribution >= 4 is 32.6 Å². The van der Waals surface area contributed by atoms with Gasteiger partial charge in [0.05, 0.1) is 6.42 Å². The number of hydrogen-bond acceptors (Lipinski definition) is 1. The van der Waals surface area contributed by atoms with E-state index < -0.39 is 0 Å². The molecule has 0 aliphatic carbocycles. The highest BCUT2D eigenvalue weighted by Crippen LogP contribution is 2.27. The van der Waals surface area contributed by atoms with Gasteiger partial charge >= 0.3 is 0 Å². The van der Waals surface area contributed by atoms with Crippen molar-refractivity contribution in [1.29, 1.82) is 0 Å². The van der Waals surface area contributed by atoms with Gasteiger partial charge in [0.2, 0.25) is 5.91 Å². The van der Waals surface area contributed by atoms with E-state index in [1.165, 1.54) is 10.8 Å². The van der Waals surface area contributed by atoms with Crippen LogP contribution in [0, 0.1) is 5.92 Å². The van der Waals surface area contributed by atoms with Crippen LogP contribution in [0.3, 0.4) is 0 Å². The Morgan fingerprint density at radius 3 is 2.81 bits per heavy atom. The Morgan fingerprint density at radius 2 is 2.00 bits per heavy atom. The van der Waals surface area contributed by atoms with Gasteiger partial charge in [-0.2, -0.15) is 0 Å². The molecule has 0 radical (unpaired) electrons. The number of carbonyl (C=O) groups is 1. The first kappa shape index (κ1) is 14.6.